The van der Waals surface area contributed by atoms with Gasteiger partial charge in [-0.2, -0.15) is 0 Å². The highest BCUT2D eigenvalue weighted by molar-refractivity contribution is 6.07. The number of benzene rings is 2. The second-order valence-corrected chi connectivity index (χ2v) is 8.32. The van der Waals surface area contributed by atoms with E-state index in [1.807, 2.05) is 0 Å². The van der Waals surface area contributed by atoms with E-state index in [0.29, 0.717) is 5.52 Å². The molecule has 218 valence electrons. The normalized spacial score (nSPS) is 11.1. The number of carbonyl (C=O) groups is 1. The quantitative estimate of drug-likeness (QED) is 0.211. The molecular weight excluding hydrogens is 546 g/mol. The molecule has 41 heavy (non-hydrogen) atoms. The SMILES string of the molecule is COCOc1cc2[nH]cc(-c3coc4cc(OCOC)c(OCOC)c(C(=O)O)c4c3=O)c(=O)c2cc1OCOC. The molecule has 14 nitrogen and oxygen atoms in total. The largest absolute Gasteiger partial charge is 0.478 e. The molecule has 0 bridgehead atoms. The molecule has 2 heterocycles. The fraction of sp³-hybridized carbons (Fsp3) is 0.296. The number of aromatic nitrogens is 1. The Hall–Kier alpha value is -4.63. The summed E-state index contributed by atoms with van der Waals surface area (Å²) in [6.07, 6.45) is 2.39. The monoisotopic (exact) mass is 573 g/mol. The van der Waals surface area contributed by atoms with Crippen molar-refractivity contribution in [3.8, 4) is 34.1 Å². The van der Waals surface area contributed by atoms with Crippen LogP contribution in [0.5, 0.6) is 23.0 Å². The van der Waals surface area contributed by atoms with Crippen molar-refractivity contribution in [2.24, 2.45) is 0 Å². The molecule has 2 aromatic carbocycles. The van der Waals surface area contributed by atoms with E-state index >= 15 is 0 Å². The van der Waals surface area contributed by atoms with Crippen LogP contribution in [0.2, 0.25) is 0 Å². The molecule has 2 N–H and O–H groups in total. The zero-order valence-corrected chi connectivity index (χ0v) is 22.6. The highest BCUT2D eigenvalue weighted by atomic mass is 16.7. The summed E-state index contributed by atoms with van der Waals surface area (Å²) in [7, 11) is 5.61. The van der Waals surface area contributed by atoms with Crippen LogP contribution in [0.15, 0.2) is 44.7 Å². The molecule has 0 atom stereocenters. The number of pyridine rings is 1. The molecule has 0 saturated heterocycles. The van der Waals surface area contributed by atoms with Crippen LogP contribution >= 0.6 is 0 Å². The molecule has 0 spiro atoms. The van der Waals surface area contributed by atoms with E-state index in [-0.39, 0.29) is 77.7 Å². The van der Waals surface area contributed by atoms with Gasteiger partial charge in [0.05, 0.1) is 27.4 Å². The first-order valence-corrected chi connectivity index (χ1v) is 11.9. The average Bonchev–Trinajstić information content (AvgIpc) is 2.97. The van der Waals surface area contributed by atoms with Crippen LogP contribution in [-0.4, -0.2) is 71.7 Å². The Morgan fingerprint density at radius 1 is 0.780 bits per heavy atom. The Morgan fingerprint density at radius 3 is 1.98 bits per heavy atom. The number of carboxylic acids is 1. The molecule has 0 amide bonds. The minimum Gasteiger partial charge on any atom is -0.478 e. The van der Waals surface area contributed by atoms with Crippen LogP contribution < -0.4 is 29.8 Å². The van der Waals surface area contributed by atoms with Crippen molar-refractivity contribution >= 4 is 27.8 Å². The molecule has 0 fully saturated rings. The van der Waals surface area contributed by atoms with Crippen LogP contribution in [0.1, 0.15) is 10.4 Å². The lowest BCUT2D eigenvalue weighted by atomic mass is 10.0. The van der Waals surface area contributed by atoms with Crippen molar-refractivity contribution in [3.05, 3.63) is 56.7 Å². The molecular formula is C27H27NO13. The van der Waals surface area contributed by atoms with Gasteiger partial charge in [-0.25, -0.2) is 4.79 Å². The molecule has 2 aromatic heterocycles. The lowest BCUT2D eigenvalue weighted by Gasteiger charge is -2.16. The molecule has 0 saturated carbocycles. The zero-order valence-electron chi connectivity index (χ0n) is 22.6. The summed E-state index contributed by atoms with van der Waals surface area (Å²) in [4.78, 5) is 42.8. The number of aromatic carboxylic acids is 1. The highest BCUT2D eigenvalue weighted by Gasteiger charge is 2.27. The van der Waals surface area contributed by atoms with Crippen molar-refractivity contribution in [2.45, 2.75) is 0 Å². The Kier molecular flexibility index (Phi) is 9.41. The van der Waals surface area contributed by atoms with E-state index in [0.717, 1.165) is 6.26 Å². The van der Waals surface area contributed by atoms with Gasteiger partial charge in [-0.3, -0.25) is 9.59 Å². The summed E-state index contributed by atoms with van der Waals surface area (Å²) in [5.74, 6) is -1.34. The van der Waals surface area contributed by atoms with Gasteiger partial charge in [0.25, 0.3) is 0 Å². The van der Waals surface area contributed by atoms with Crippen molar-refractivity contribution < 1.29 is 52.2 Å². The van der Waals surface area contributed by atoms with Crippen molar-refractivity contribution in [2.75, 3.05) is 55.6 Å². The van der Waals surface area contributed by atoms with Gasteiger partial charge in [0, 0.05) is 46.8 Å². The number of aromatic amines is 1. The molecule has 0 aliphatic heterocycles. The molecule has 4 rings (SSSR count). The summed E-state index contributed by atoms with van der Waals surface area (Å²) in [5.41, 5.74) is -1.88. The van der Waals surface area contributed by atoms with Crippen LogP contribution in [0, 0.1) is 0 Å². The third-order valence-electron chi connectivity index (χ3n) is 5.75. The Morgan fingerprint density at radius 2 is 1.37 bits per heavy atom. The van der Waals surface area contributed by atoms with Crippen LogP contribution in [0.25, 0.3) is 33.0 Å². The van der Waals surface area contributed by atoms with Gasteiger partial charge in [0.1, 0.15) is 17.4 Å². The predicted octanol–water partition coefficient (Wildman–Crippen LogP) is 2.93. The number of hydrogen-bond acceptors (Lipinski definition) is 12. The fourth-order valence-electron chi connectivity index (χ4n) is 4.02. The molecule has 14 heteroatoms. The zero-order chi connectivity index (χ0) is 29.5. The van der Waals surface area contributed by atoms with Crippen LogP contribution in [-0.2, 0) is 18.9 Å². The number of fused-ring (bicyclic) bond motifs is 2. The summed E-state index contributed by atoms with van der Waals surface area (Å²) in [5, 5.41) is 9.90. The Bertz CT molecular complexity index is 1670. The molecule has 4 aromatic rings. The maximum absolute atomic E-state index is 13.8. The van der Waals surface area contributed by atoms with Gasteiger partial charge in [-0.05, 0) is 6.07 Å². The van der Waals surface area contributed by atoms with E-state index in [9.17, 15) is 19.5 Å². The number of H-pyrrole nitrogens is 1. The fourth-order valence-corrected chi connectivity index (χ4v) is 4.02. The van der Waals surface area contributed by atoms with Crippen LogP contribution in [0.3, 0.4) is 0 Å². The van der Waals surface area contributed by atoms with E-state index in [4.69, 9.17) is 42.3 Å². The van der Waals surface area contributed by atoms with Gasteiger partial charge in [0.15, 0.2) is 55.6 Å². The average molecular weight is 574 g/mol. The minimum absolute atomic E-state index is 0.0525. The maximum atomic E-state index is 13.8. The summed E-state index contributed by atoms with van der Waals surface area (Å²) in [6, 6.07) is 4.27. The molecule has 0 aliphatic carbocycles. The molecule has 0 unspecified atom stereocenters. The number of nitrogens with one attached hydrogen (secondary N) is 1. The first-order valence-electron chi connectivity index (χ1n) is 11.9. The highest BCUT2D eigenvalue weighted by Crippen LogP contribution is 2.38. The van der Waals surface area contributed by atoms with Crippen molar-refractivity contribution in [1.82, 2.24) is 4.98 Å². The van der Waals surface area contributed by atoms with Gasteiger partial charge in [-0.1, -0.05) is 0 Å². The van der Waals surface area contributed by atoms with Gasteiger partial charge >= 0.3 is 5.97 Å². The standard InChI is InChI=1S/C27H27NO13/c1-33-10-38-18-5-14-17(6-19(18)39-11-34-2)28-8-15(24(14)29)16-9-37-20-7-21(40-12-35-3)26(41-13-36-4)23(27(31)32)22(20)25(16)30/h5-9H,10-13H2,1-4H3,(H,28,29)(H,31,32). The van der Waals surface area contributed by atoms with E-state index < -0.39 is 22.4 Å². The minimum atomic E-state index is -1.50. The number of carboxylic acid groups (broad SMARTS) is 1. The Labute approximate surface area is 231 Å². The van der Waals surface area contributed by atoms with E-state index in [1.54, 1.807) is 0 Å². The lowest BCUT2D eigenvalue weighted by molar-refractivity contribution is 0.0310. The van der Waals surface area contributed by atoms with Crippen molar-refractivity contribution in [1.29, 1.82) is 0 Å². The molecule has 0 aliphatic rings. The second-order valence-electron chi connectivity index (χ2n) is 8.32. The maximum Gasteiger partial charge on any atom is 0.340 e. The van der Waals surface area contributed by atoms with Crippen LogP contribution in [0.4, 0.5) is 0 Å². The van der Waals surface area contributed by atoms with E-state index in [2.05, 4.69) is 4.98 Å². The van der Waals surface area contributed by atoms with Gasteiger partial charge in [-0.15, -0.1) is 0 Å². The van der Waals surface area contributed by atoms with E-state index in [1.165, 1.54) is 52.8 Å². The third-order valence-corrected chi connectivity index (χ3v) is 5.75. The topological polar surface area (TPSA) is 174 Å². The number of ether oxygens (including phenoxy) is 8. The lowest BCUT2D eigenvalue weighted by Crippen LogP contribution is -2.17. The number of rotatable bonds is 14. The first-order chi connectivity index (χ1) is 19.9. The Balaban J connectivity index is 1.95. The summed E-state index contributed by atoms with van der Waals surface area (Å²) < 4.78 is 47.4. The number of methoxy groups -OCH3 is 4. The predicted molar refractivity (Wildman–Crippen MR) is 143 cm³/mol. The molecule has 0 radical (unpaired) electrons. The summed E-state index contributed by atoms with van der Waals surface area (Å²) in [6.45, 7) is -0.775. The smallest absolute Gasteiger partial charge is 0.340 e. The first kappa shape index (κ1) is 29.4. The number of hydrogen-bond donors (Lipinski definition) is 2. The second kappa shape index (κ2) is 13.1. The third kappa shape index (κ3) is 5.95. The van der Waals surface area contributed by atoms with Gasteiger partial charge in [0.2, 0.25) is 5.43 Å². The van der Waals surface area contributed by atoms with Crippen molar-refractivity contribution in [3.63, 3.8) is 0 Å². The van der Waals surface area contributed by atoms with Gasteiger partial charge < -0.3 is 52.4 Å². The summed E-state index contributed by atoms with van der Waals surface area (Å²) >= 11 is 0.